The molecule has 0 amide bonds. The quantitative estimate of drug-likeness (QED) is 0.770. The minimum absolute atomic E-state index is 0.0686. The van der Waals surface area contributed by atoms with Crippen molar-refractivity contribution >= 4 is 5.97 Å². The summed E-state index contributed by atoms with van der Waals surface area (Å²) in [5.41, 5.74) is 0.689. The van der Waals surface area contributed by atoms with Gasteiger partial charge in [0, 0.05) is 0 Å². The Kier molecular flexibility index (Phi) is 3.25. The number of ether oxygens (including phenoxy) is 1. The summed E-state index contributed by atoms with van der Waals surface area (Å²) in [5.74, 6) is -0.232. The van der Waals surface area contributed by atoms with Crippen molar-refractivity contribution in [2.24, 2.45) is 0 Å². The molecular weight excluding hydrogens is 202 g/mol. The Balaban J connectivity index is 1.85. The van der Waals surface area contributed by atoms with Gasteiger partial charge < -0.3 is 10.1 Å². The second-order valence-corrected chi connectivity index (χ2v) is 4.25. The summed E-state index contributed by atoms with van der Waals surface area (Å²) in [6.45, 7) is 3.47. The van der Waals surface area contributed by atoms with Crippen molar-refractivity contribution in [1.29, 1.82) is 0 Å². The minimum Gasteiger partial charge on any atom is -0.460 e. The summed E-state index contributed by atoms with van der Waals surface area (Å²) < 4.78 is 5.31. The van der Waals surface area contributed by atoms with Crippen molar-refractivity contribution in [1.82, 2.24) is 5.32 Å². The number of nitrogens with one attached hydrogen (secondary N) is 1. The van der Waals surface area contributed by atoms with Crippen molar-refractivity contribution in [3.63, 3.8) is 0 Å². The van der Waals surface area contributed by atoms with Crippen LogP contribution in [0.2, 0.25) is 0 Å². The molecule has 0 spiro atoms. The van der Waals surface area contributed by atoms with Crippen LogP contribution in [0.4, 0.5) is 0 Å². The summed E-state index contributed by atoms with van der Waals surface area (Å²) in [5, 5.41) is 3.36. The first-order chi connectivity index (χ1) is 7.76. The van der Waals surface area contributed by atoms with Crippen LogP contribution in [0.15, 0.2) is 30.3 Å². The maximum Gasteiger partial charge on any atom is 0.338 e. The van der Waals surface area contributed by atoms with Crippen LogP contribution in [-0.4, -0.2) is 24.7 Å². The number of carbonyl (C=O) groups is 1. The van der Waals surface area contributed by atoms with E-state index in [0.29, 0.717) is 12.2 Å². The Labute approximate surface area is 95.8 Å². The summed E-state index contributed by atoms with van der Waals surface area (Å²) >= 11 is 0. The maximum absolute atomic E-state index is 11.7. The normalized spacial score (nSPS) is 16.8. The van der Waals surface area contributed by atoms with Crippen molar-refractivity contribution in [3.05, 3.63) is 35.9 Å². The van der Waals surface area contributed by atoms with Gasteiger partial charge in [0.1, 0.15) is 6.61 Å². The van der Waals surface area contributed by atoms with Gasteiger partial charge in [-0.15, -0.1) is 0 Å². The fraction of sp³-hybridized carbons (Fsp3) is 0.462. The molecule has 2 rings (SSSR count). The molecule has 3 nitrogen and oxygen atoms in total. The van der Waals surface area contributed by atoms with Crippen LogP contribution in [0.5, 0.6) is 0 Å². The molecule has 1 N–H and O–H groups in total. The van der Waals surface area contributed by atoms with Crippen molar-refractivity contribution < 1.29 is 9.53 Å². The van der Waals surface area contributed by atoms with E-state index in [0.717, 1.165) is 19.4 Å². The molecule has 1 saturated carbocycles. The van der Waals surface area contributed by atoms with Gasteiger partial charge in [-0.3, -0.25) is 0 Å². The summed E-state index contributed by atoms with van der Waals surface area (Å²) in [4.78, 5) is 11.7. The van der Waals surface area contributed by atoms with Crippen LogP contribution in [-0.2, 0) is 4.74 Å². The van der Waals surface area contributed by atoms with E-state index in [-0.39, 0.29) is 11.5 Å². The van der Waals surface area contributed by atoms with Gasteiger partial charge in [-0.05, 0) is 31.5 Å². The van der Waals surface area contributed by atoms with Gasteiger partial charge in [-0.2, -0.15) is 0 Å². The van der Waals surface area contributed by atoms with E-state index in [2.05, 4.69) is 12.2 Å². The van der Waals surface area contributed by atoms with Crippen LogP contribution in [0, 0.1) is 0 Å². The van der Waals surface area contributed by atoms with E-state index in [9.17, 15) is 4.79 Å². The van der Waals surface area contributed by atoms with Gasteiger partial charge in [-0.1, -0.05) is 25.1 Å². The minimum atomic E-state index is -0.232. The first-order valence-corrected chi connectivity index (χ1v) is 5.73. The number of benzene rings is 1. The third kappa shape index (κ3) is 2.61. The van der Waals surface area contributed by atoms with Crippen LogP contribution >= 0.6 is 0 Å². The van der Waals surface area contributed by atoms with Crippen molar-refractivity contribution in [3.8, 4) is 0 Å². The highest BCUT2D eigenvalue weighted by atomic mass is 16.5. The lowest BCUT2D eigenvalue weighted by Gasteiger charge is -2.15. The van der Waals surface area contributed by atoms with Crippen molar-refractivity contribution in [2.75, 3.05) is 13.2 Å². The zero-order valence-electron chi connectivity index (χ0n) is 9.53. The smallest absolute Gasteiger partial charge is 0.338 e. The average Bonchev–Trinajstić information content (AvgIpc) is 3.08. The third-order valence-electron chi connectivity index (χ3n) is 2.89. The topological polar surface area (TPSA) is 38.3 Å². The highest BCUT2D eigenvalue weighted by Crippen LogP contribution is 2.35. The molecule has 1 aliphatic carbocycles. The Hall–Kier alpha value is -1.35. The lowest BCUT2D eigenvalue weighted by Crippen LogP contribution is -2.36. The molecule has 0 saturated heterocycles. The molecule has 0 aliphatic heterocycles. The van der Waals surface area contributed by atoms with Gasteiger partial charge >= 0.3 is 5.97 Å². The average molecular weight is 219 g/mol. The molecule has 1 aliphatic rings. The molecule has 0 heterocycles. The molecule has 0 atom stereocenters. The molecule has 0 radical (unpaired) electrons. The molecule has 0 bridgehead atoms. The van der Waals surface area contributed by atoms with Gasteiger partial charge in [0.15, 0.2) is 0 Å². The first-order valence-electron chi connectivity index (χ1n) is 5.73. The van der Waals surface area contributed by atoms with Crippen LogP contribution in [0.3, 0.4) is 0 Å². The largest absolute Gasteiger partial charge is 0.460 e. The molecular formula is C13H17NO2. The molecule has 0 aromatic heterocycles. The molecule has 3 heteroatoms. The molecule has 1 fully saturated rings. The number of hydrogen-bond acceptors (Lipinski definition) is 3. The molecule has 0 unspecified atom stereocenters. The Morgan fingerprint density at radius 3 is 2.62 bits per heavy atom. The fourth-order valence-electron chi connectivity index (χ4n) is 1.76. The van der Waals surface area contributed by atoms with E-state index in [1.807, 2.05) is 18.2 Å². The zero-order valence-corrected chi connectivity index (χ0v) is 9.53. The van der Waals surface area contributed by atoms with Crippen molar-refractivity contribution in [2.45, 2.75) is 25.3 Å². The third-order valence-corrected chi connectivity index (χ3v) is 2.89. The van der Waals surface area contributed by atoms with E-state index >= 15 is 0 Å². The summed E-state index contributed by atoms with van der Waals surface area (Å²) in [7, 11) is 0. The molecule has 1 aromatic carbocycles. The summed E-state index contributed by atoms with van der Waals surface area (Å²) in [6.07, 6.45) is 2.20. The van der Waals surface area contributed by atoms with E-state index in [4.69, 9.17) is 4.74 Å². The van der Waals surface area contributed by atoms with Gasteiger partial charge in [0.25, 0.3) is 0 Å². The SMILES string of the molecule is CCNC1(COC(=O)c2ccccc2)CC1. The molecule has 16 heavy (non-hydrogen) atoms. The van der Waals surface area contributed by atoms with Crippen LogP contribution in [0.25, 0.3) is 0 Å². The van der Waals surface area contributed by atoms with Gasteiger partial charge in [0.05, 0.1) is 11.1 Å². The lowest BCUT2D eigenvalue weighted by molar-refractivity contribution is 0.0450. The standard InChI is InChI=1S/C13H17NO2/c1-2-14-13(8-9-13)10-16-12(15)11-6-4-3-5-7-11/h3-7,14H,2,8-10H2,1H3. The highest BCUT2D eigenvalue weighted by molar-refractivity contribution is 5.89. The Morgan fingerprint density at radius 2 is 2.06 bits per heavy atom. The van der Waals surface area contributed by atoms with Crippen LogP contribution < -0.4 is 5.32 Å². The maximum atomic E-state index is 11.7. The summed E-state index contributed by atoms with van der Waals surface area (Å²) in [6, 6.07) is 9.11. The highest BCUT2D eigenvalue weighted by Gasteiger charge is 2.43. The monoisotopic (exact) mass is 219 g/mol. The fourth-order valence-corrected chi connectivity index (χ4v) is 1.76. The predicted molar refractivity (Wildman–Crippen MR) is 62.4 cm³/mol. The zero-order chi connectivity index (χ0) is 11.4. The number of carbonyl (C=O) groups excluding carboxylic acids is 1. The van der Waals surface area contributed by atoms with Crippen LogP contribution in [0.1, 0.15) is 30.1 Å². The van der Waals surface area contributed by atoms with Gasteiger partial charge in [-0.25, -0.2) is 4.79 Å². The van der Waals surface area contributed by atoms with E-state index < -0.39 is 0 Å². The Bertz CT molecular complexity index is 357. The molecule has 1 aromatic rings. The Morgan fingerprint density at radius 1 is 1.38 bits per heavy atom. The van der Waals surface area contributed by atoms with Gasteiger partial charge in [0.2, 0.25) is 0 Å². The number of likely N-dealkylation sites (N-methyl/N-ethyl adjacent to an activating group) is 1. The van der Waals surface area contributed by atoms with E-state index in [1.165, 1.54) is 0 Å². The number of rotatable bonds is 5. The number of esters is 1. The first kappa shape index (κ1) is 11.1. The second-order valence-electron chi connectivity index (χ2n) is 4.25. The number of hydrogen-bond donors (Lipinski definition) is 1. The lowest BCUT2D eigenvalue weighted by atomic mass is 10.2. The molecule has 86 valence electrons. The second kappa shape index (κ2) is 4.66. The van der Waals surface area contributed by atoms with E-state index in [1.54, 1.807) is 12.1 Å². The predicted octanol–water partition coefficient (Wildman–Crippen LogP) is 1.99.